The molecule has 0 bridgehead atoms. The number of rotatable bonds is 4. The van der Waals surface area contributed by atoms with E-state index in [0.29, 0.717) is 22.7 Å². The second-order valence-corrected chi connectivity index (χ2v) is 8.44. The SMILES string of the molecule is CC(C(=N)Nc1ccc(Cl)cc1)C1CCC(c2ccnc3ccc(F)cc23)CC1. The van der Waals surface area contributed by atoms with Crippen LogP contribution in [-0.4, -0.2) is 10.8 Å². The quantitative estimate of drug-likeness (QED) is 0.359. The van der Waals surface area contributed by atoms with Gasteiger partial charge in [-0.05, 0) is 91.6 Å². The Morgan fingerprint density at radius 3 is 2.55 bits per heavy atom. The molecule has 0 radical (unpaired) electrons. The van der Waals surface area contributed by atoms with E-state index in [4.69, 9.17) is 17.0 Å². The van der Waals surface area contributed by atoms with E-state index < -0.39 is 0 Å². The van der Waals surface area contributed by atoms with Crippen molar-refractivity contribution in [3.63, 3.8) is 0 Å². The summed E-state index contributed by atoms with van der Waals surface area (Å²) in [6, 6.07) is 14.3. The Kier molecular flexibility index (Phi) is 5.81. The van der Waals surface area contributed by atoms with Crippen molar-refractivity contribution >= 4 is 34.0 Å². The zero-order chi connectivity index (χ0) is 20.4. The van der Waals surface area contributed by atoms with Crippen LogP contribution >= 0.6 is 11.6 Å². The van der Waals surface area contributed by atoms with Gasteiger partial charge in [0.05, 0.1) is 5.52 Å². The fourth-order valence-corrected chi connectivity index (χ4v) is 4.59. The molecule has 0 spiro atoms. The molecule has 1 aromatic heterocycles. The van der Waals surface area contributed by atoms with Gasteiger partial charge in [0.2, 0.25) is 0 Å². The van der Waals surface area contributed by atoms with Crippen molar-refractivity contribution in [2.24, 2.45) is 11.8 Å². The summed E-state index contributed by atoms with van der Waals surface area (Å²) in [4.78, 5) is 4.38. The van der Waals surface area contributed by atoms with E-state index in [9.17, 15) is 4.39 Å². The second-order valence-electron chi connectivity index (χ2n) is 8.01. The first-order chi connectivity index (χ1) is 14.0. The molecule has 0 saturated heterocycles. The van der Waals surface area contributed by atoms with E-state index in [1.807, 2.05) is 36.5 Å². The Morgan fingerprint density at radius 1 is 1.10 bits per heavy atom. The van der Waals surface area contributed by atoms with Crippen molar-refractivity contribution in [1.29, 1.82) is 5.41 Å². The molecule has 29 heavy (non-hydrogen) atoms. The van der Waals surface area contributed by atoms with Crippen molar-refractivity contribution < 1.29 is 4.39 Å². The van der Waals surface area contributed by atoms with E-state index in [1.54, 1.807) is 12.1 Å². The Labute approximate surface area is 175 Å². The first kappa shape index (κ1) is 19.8. The lowest BCUT2D eigenvalue weighted by Crippen LogP contribution is -2.29. The average molecular weight is 410 g/mol. The van der Waals surface area contributed by atoms with Crippen LogP contribution in [-0.2, 0) is 0 Å². The number of aromatic nitrogens is 1. The summed E-state index contributed by atoms with van der Waals surface area (Å²) in [7, 11) is 0. The minimum Gasteiger partial charge on any atom is -0.344 e. The van der Waals surface area contributed by atoms with Gasteiger partial charge in [0.1, 0.15) is 11.7 Å². The first-order valence-corrected chi connectivity index (χ1v) is 10.5. The van der Waals surface area contributed by atoms with Gasteiger partial charge in [-0.1, -0.05) is 18.5 Å². The van der Waals surface area contributed by atoms with E-state index in [1.165, 1.54) is 11.6 Å². The van der Waals surface area contributed by atoms with E-state index >= 15 is 0 Å². The summed E-state index contributed by atoms with van der Waals surface area (Å²) in [6.07, 6.45) is 6.07. The van der Waals surface area contributed by atoms with Crippen molar-refractivity contribution in [2.75, 3.05) is 5.32 Å². The fraction of sp³-hybridized carbons (Fsp3) is 0.333. The molecule has 1 unspecified atom stereocenters. The molecule has 5 heteroatoms. The molecular weight excluding hydrogens is 385 g/mol. The topological polar surface area (TPSA) is 48.8 Å². The number of nitrogens with one attached hydrogen (secondary N) is 2. The molecule has 1 aliphatic carbocycles. The number of anilines is 1. The number of hydrogen-bond donors (Lipinski definition) is 2. The molecule has 3 aromatic rings. The Morgan fingerprint density at radius 2 is 1.83 bits per heavy atom. The maximum Gasteiger partial charge on any atom is 0.123 e. The number of hydrogen-bond acceptors (Lipinski definition) is 2. The normalized spacial score (nSPS) is 20.4. The number of benzene rings is 2. The molecule has 1 fully saturated rings. The largest absolute Gasteiger partial charge is 0.344 e. The fourth-order valence-electron chi connectivity index (χ4n) is 4.46. The van der Waals surface area contributed by atoms with Gasteiger partial charge in [-0.15, -0.1) is 0 Å². The lowest BCUT2D eigenvalue weighted by Gasteiger charge is -2.33. The highest BCUT2D eigenvalue weighted by molar-refractivity contribution is 6.30. The van der Waals surface area contributed by atoms with E-state index in [2.05, 4.69) is 17.2 Å². The van der Waals surface area contributed by atoms with Gasteiger partial charge in [0, 0.05) is 28.2 Å². The number of halogens is 2. The van der Waals surface area contributed by atoms with Gasteiger partial charge in [0.15, 0.2) is 0 Å². The zero-order valence-corrected chi connectivity index (χ0v) is 17.2. The molecule has 2 N–H and O–H groups in total. The molecule has 150 valence electrons. The summed E-state index contributed by atoms with van der Waals surface area (Å²) >= 11 is 5.94. The number of fused-ring (bicyclic) bond motifs is 1. The maximum atomic E-state index is 13.8. The lowest BCUT2D eigenvalue weighted by atomic mass is 9.73. The molecule has 0 amide bonds. The summed E-state index contributed by atoms with van der Waals surface area (Å²) in [5.74, 6) is 1.40. The molecular formula is C24H25ClFN3. The highest BCUT2D eigenvalue weighted by Gasteiger charge is 2.29. The molecule has 4 rings (SSSR count). The third-order valence-corrected chi connectivity index (χ3v) is 6.49. The Hall–Kier alpha value is -2.46. The van der Waals surface area contributed by atoms with E-state index in [0.717, 1.165) is 42.3 Å². The lowest BCUT2D eigenvalue weighted by molar-refractivity contribution is 0.287. The van der Waals surface area contributed by atoms with Crippen LogP contribution in [0.1, 0.15) is 44.1 Å². The van der Waals surface area contributed by atoms with Gasteiger partial charge in [-0.3, -0.25) is 10.4 Å². The summed E-state index contributed by atoms with van der Waals surface area (Å²) in [6.45, 7) is 2.13. The first-order valence-electron chi connectivity index (χ1n) is 10.2. The highest BCUT2D eigenvalue weighted by atomic mass is 35.5. The van der Waals surface area contributed by atoms with Crippen molar-refractivity contribution in [3.8, 4) is 0 Å². The van der Waals surface area contributed by atoms with Gasteiger partial charge in [-0.25, -0.2) is 4.39 Å². The van der Waals surface area contributed by atoms with Crippen LogP contribution in [0, 0.1) is 23.1 Å². The van der Waals surface area contributed by atoms with Crippen LogP contribution in [0.25, 0.3) is 10.9 Å². The van der Waals surface area contributed by atoms with Crippen LogP contribution in [0.2, 0.25) is 5.02 Å². The van der Waals surface area contributed by atoms with Crippen LogP contribution in [0.4, 0.5) is 10.1 Å². The third kappa shape index (κ3) is 4.43. The summed E-state index contributed by atoms with van der Waals surface area (Å²) in [5.41, 5.74) is 2.95. The van der Waals surface area contributed by atoms with E-state index in [-0.39, 0.29) is 11.7 Å². The number of nitrogens with zero attached hydrogens (tertiary/aromatic N) is 1. The van der Waals surface area contributed by atoms with Gasteiger partial charge < -0.3 is 5.32 Å². The minimum absolute atomic E-state index is 0.165. The molecule has 1 saturated carbocycles. The predicted molar refractivity (Wildman–Crippen MR) is 118 cm³/mol. The van der Waals surface area contributed by atoms with Crippen LogP contribution in [0.5, 0.6) is 0 Å². The predicted octanol–water partition coefficient (Wildman–Crippen LogP) is 7.03. The maximum absolute atomic E-state index is 13.8. The van der Waals surface area contributed by atoms with Crippen molar-refractivity contribution in [3.05, 3.63) is 71.1 Å². The number of pyridine rings is 1. The molecule has 2 aromatic carbocycles. The van der Waals surface area contributed by atoms with Gasteiger partial charge >= 0.3 is 0 Å². The second kappa shape index (κ2) is 8.50. The average Bonchev–Trinajstić information content (AvgIpc) is 2.74. The highest BCUT2D eigenvalue weighted by Crippen LogP contribution is 2.41. The third-order valence-electron chi connectivity index (χ3n) is 6.23. The molecule has 1 heterocycles. The van der Waals surface area contributed by atoms with Crippen LogP contribution < -0.4 is 5.32 Å². The zero-order valence-electron chi connectivity index (χ0n) is 16.5. The summed E-state index contributed by atoms with van der Waals surface area (Å²) < 4.78 is 13.8. The standard InChI is InChI=1S/C24H25ClFN3/c1-15(24(27)29-20-9-6-18(25)7-10-20)16-2-4-17(5-3-16)21-12-13-28-23-11-8-19(26)14-22(21)23/h6-17H,2-5H2,1H3,(H2,27,29). The van der Waals surface area contributed by atoms with Gasteiger partial charge in [-0.2, -0.15) is 0 Å². The molecule has 0 aliphatic heterocycles. The van der Waals surface area contributed by atoms with Crippen LogP contribution in [0.3, 0.4) is 0 Å². The smallest absolute Gasteiger partial charge is 0.123 e. The van der Waals surface area contributed by atoms with Gasteiger partial charge in [0.25, 0.3) is 0 Å². The monoisotopic (exact) mass is 409 g/mol. The molecule has 3 nitrogen and oxygen atoms in total. The number of amidine groups is 1. The molecule has 1 atom stereocenters. The molecule has 1 aliphatic rings. The Bertz CT molecular complexity index is 1010. The van der Waals surface area contributed by atoms with Crippen molar-refractivity contribution in [1.82, 2.24) is 4.98 Å². The van der Waals surface area contributed by atoms with Crippen molar-refractivity contribution in [2.45, 2.75) is 38.5 Å². The summed E-state index contributed by atoms with van der Waals surface area (Å²) in [5, 5.41) is 13.3. The van der Waals surface area contributed by atoms with Crippen LogP contribution in [0.15, 0.2) is 54.7 Å². The minimum atomic E-state index is -0.212. The Balaban J connectivity index is 1.41.